The van der Waals surface area contributed by atoms with Gasteiger partial charge in [0.15, 0.2) is 0 Å². The van der Waals surface area contributed by atoms with Crippen LogP contribution in [-0.2, 0) is 47.5 Å². The lowest BCUT2D eigenvalue weighted by molar-refractivity contribution is -0.126. The maximum Gasteiger partial charge on any atom is 0.246 e. The number of hydrogen-bond donors (Lipinski definition) is 2. The summed E-state index contributed by atoms with van der Waals surface area (Å²) in [6.07, 6.45) is 0. The van der Waals surface area contributed by atoms with Crippen LogP contribution in [0.5, 0.6) is 0 Å². The Hall–Kier alpha value is -2.06. The van der Waals surface area contributed by atoms with Crippen molar-refractivity contribution in [3.05, 3.63) is 20.9 Å². The molecule has 20 heteroatoms. The van der Waals surface area contributed by atoms with Gasteiger partial charge in [-0.2, -0.15) is 0 Å². The van der Waals surface area contributed by atoms with Crippen LogP contribution >= 0.6 is 21.6 Å². The minimum Gasteiger partial charge on any atom is -0.379 e. The van der Waals surface area contributed by atoms with E-state index in [0.29, 0.717) is 119 Å². The summed E-state index contributed by atoms with van der Waals surface area (Å²) in [5.74, 6) is 1.08. The van der Waals surface area contributed by atoms with E-state index in [4.69, 9.17) is 49.0 Å². The Labute approximate surface area is 265 Å². The number of nitrogens with zero attached hydrogens (tertiary/aromatic N) is 6. The molecule has 18 nitrogen and oxygen atoms in total. The van der Waals surface area contributed by atoms with E-state index in [1.165, 1.54) is 0 Å². The van der Waals surface area contributed by atoms with Crippen LogP contribution in [0.15, 0.2) is 10.2 Å². The van der Waals surface area contributed by atoms with Gasteiger partial charge in [-0.05, 0) is 11.1 Å². The first-order chi connectivity index (χ1) is 21.7. The normalized spacial score (nSPS) is 10.6. The third-order valence-corrected chi connectivity index (χ3v) is 7.00. The summed E-state index contributed by atoms with van der Waals surface area (Å²) in [6, 6.07) is 0. The molecule has 0 rings (SSSR count). The average Bonchev–Trinajstić information content (AvgIpc) is 3.02. The van der Waals surface area contributed by atoms with E-state index in [1.807, 2.05) is 0 Å². The highest BCUT2D eigenvalue weighted by Gasteiger charge is 2.03. The van der Waals surface area contributed by atoms with Gasteiger partial charge in [0.05, 0.1) is 92.5 Å². The summed E-state index contributed by atoms with van der Waals surface area (Å²) in [7, 11) is 3.21. The smallest absolute Gasteiger partial charge is 0.246 e. The third kappa shape index (κ3) is 36.1. The number of carbonyl (C=O) groups excluding carboxylic acids is 2. The van der Waals surface area contributed by atoms with Crippen molar-refractivity contribution < 1.29 is 47.5 Å². The number of azide groups is 2. The molecule has 0 aliphatic heterocycles. The van der Waals surface area contributed by atoms with Crippen molar-refractivity contribution in [3.8, 4) is 0 Å². The van der Waals surface area contributed by atoms with Gasteiger partial charge in [0, 0.05) is 47.5 Å². The fourth-order valence-electron chi connectivity index (χ4n) is 2.63. The topological polar surface area (TPSA) is 230 Å². The van der Waals surface area contributed by atoms with E-state index >= 15 is 0 Å². The summed E-state index contributed by atoms with van der Waals surface area (Å²) in [4.78, 5) is 28.8. The molecular formula is C24H46N8O10S2. The number of rotatable bonds is 35. The summed E-state index contributed by atoms with van der Waals surface area (Å²) < 4.78 is 42.3. The van der Waals surface area contributed by atoms with Crippen LogP contribution in [0.4, 0.5) is 0 Å². The second kappa shape index (κ2) is 37.1. The predicted octanol–water partition coefficient (Wildman–Crippen LogP) is 1.35. The predicted molar refractivity (Wildman–Crippen MR) is 166 cm³/mol. The highest BCUT2D eigenvalue weighted by molar-refractivity contribution is 8.76. The summed E-state index contributed by atoms with van der Waals surface area (Å²) in [5.41, 5.74) is 16.3. The molecule has 2 N–H and O–H groups in total. The van der Waals surface area contributed by atoms with Gasteiger partial charge in [0.25, 0.3) is 0 Å². The highest BCUT2D eigenvalue weighted by Crippen LogP contribution is 2.19. The van der Waals surface area contributed by atoms with Gasteiger partial charge in [-0.3, -0.25) is 9.59 Å². The van der Waals surface area contributed by atoms with E-state index in [1.54, 1.807) is 21.6 Å². The quantitative estimate of drug-likeness (QED) is 0.0320. The monoisotopic (exact) mass is 670 g/mol. The van der Waals surface area contributed by atoms with Crippen molar-refractivity contribution in [2.24, 2.45) is 10.2 Å². The van der Waals surface area contributed by atoms with Crippen LogP contribution < -0.4 is 10.6 Å². The molecule has 2 amide bonds. The fraction of sp³-hybridized carbons (Fsp3) is 0.917. The van der Waals surface area contributed by atoms with Gasteiger partial charge in [-0.15, -0.1) is 0 Å². The van der Waals surface area contributed by atoms with Gasteiger partial charge in [-0.1, -0.05) is 31.8 Å². The molecule has 0 aromatic rings. The zero-order chi connectivity index (χ0) is 32.0. The van der Waals surface area contributed by atoms with Crippen molar-refractivity contribution in [3.63, 3.8) is 0 Å². The highest BCUT2D eigenvalue weighted by atomic mass is 33.1. The molecule has 0 spiro atoms. The molecule has 0 radical (unpaired) electrons. The maximum absolute atomic E-state index is 11.8. The molecule has 0 atom stereocenters. The molecule has 0 heterocycles. The number of ether oxygens (including phenoxy) is 8. The van der Waals surface area contributed by atoms with E-state index in [0.717, 1.165) is 11.5 Å². The first-order valence-electron chi connectivity index (χ1n) is 14.1. The van der Waals surface area contributed by atoms with Crippen LogP contribution in [0, 0.1) is 0 Å². The average molecular weight is 671 g/mol. The SMILES string of the molecule is [N-]=[N+]=NCCOCCOCCOCCOCC(=O)NCCSSCCNC(=O)COCCOCCOCCOCCN=[N+]=[N-]. The number of amides is 2. The molecule has 0 aromatic heterocycles. The van der Waals surface area contributed by atoms with Crippen molar-refractivity contribution in [2.75, 3.05) is 143 Å². The van der Waals surface area contributed by atoms with Crippen molar-refractivity contribution in [1.82, 2.24) is 10.6 Å². The van der Waals surface area contributed by atoms with Crippen LogP contribution in [0.25, 0.3) is 20.9 Å². The molecule has 44 heavy (non-hydrogen) atoms. The molecule has 0 aromatic carbocycles. The first-order valence-corrected chi connectivity index (χ1v) is 16.6. The molecule has 0 unspecified atom stereocenters. The Kier molecular flexibility index (Phi) is 35.4. The fourth-order valence-corrected chi connectivity index (χ4v) is 4.45. The summed E-state index contributed by atoms with van der Waals surface area (Å²) >= 11 is 0. The number of nitrogens with one attached hydrogen (secondary N) is 2. The zero-order valence-electron chi connectivity index (χ0n) is 25.1. The van der Waals surface area contributed by atoms with Crippen molar-refractivity contribution >= 4 is 33.4 Å². The molecule has 0 saturated carbocycles. The van der Waals surface area contributed by atoms with Crippen LogP contribution in [0.3, 0.4) is 0 Å². The minimum absolute atomic E-state index is 0.0293. The molecular weight excluding hydrogens is 624 g/mol. The second-order valence-corrected chi connectivity index (χ2v) is 10.7. The standard InChI is InChI=1S/C24H46N8O10S2/c25-31-29-1-5-35-7-9-37-11-13-39-15-17-41-21-23(33)27-3-19-43-44-20-4-28-24(34)22-42-18-16-40-14-12-38-10-8-36-6-2-30-32-26/h1-22H2,(H,27,33)(H,28,34). The van der Waals surface area contributed by atoms with E-state index < -0.39 is 0 Å². The van der Waals surface area contributed by atoms with Crippen molar-refractivity contribution in [2.45, 2.75) is 0 Å². The molecule has 0 aliphatic rings. The van der Waals surface area contributed by atoms with Gasteiger partial charge in [-0.25, -0.2) is 0 Å². The zero-order valence-corrected chi connectivity index (χ0v) is 26.8. The lowest BCUT2D eigenvalue weighted by atomic mass is 10.6. The Balaban J connectivity index is 3.26. The lowest BCUT2D eigenvalue weighted by Crippen LogP contribution is -2.30. The van der Waals surface area contributed by atoms with Crippen LogP contribution in [0.1, 0.15) is 0 Å². The van der Waals surface area contributed by atoms with Gasteiger partial charge >= 0.3 is 0 Å². The van der Waals surface area contributed by atoms with Gasteiger partial charge in [0.1, 0.15) is 13.2 Å². The van der Waals surface area contributed by atoms with Crippen LogP contribution in [-0.4, -0.2) is 155 Å². The second-order valence-electron chi connectivity index (χ2n) is 8.03. The van der Waals surface area contributed by atoms with Gasteiger partial charge < -0.3 is 48.5 Å². The van der Waals surface area contributed by atoms with E-state index in [9.17, 15) is 9.59 Å². The summed E-state index contributed by atoms with van der Waals surface area (Å²) in [5, 5.41) is 12.3. The minimum atomic E-state index is -0.188. The third-order valence-electron chi connectivity index (χ3n) is 4.59. The van der Waals surface area contributed by atoms with Crippen molar-refractivity contribution in [1.29, 1.82) is 0 Å². The Morgan fingerprint density at radius 1 is 0.500 bits per heavy atom. The van der Waals surface area contributed by atoms with E-state index in [2.05, 4.69) is 30.7 Å². The first kappa shape index (κ1) is 41.9. The molecule has 254 valence electrons. The Morgan fingerprint density at radius 2 is 0.795 bits per heavy atom. The van der Waals surface area contributed by atoms with Gasteiger partial charge in [0.2, 0.25) is 11.8 Å². The largest absolute Gasteiger partial charge is 0.379 e. The Morgan fingerprint density at radius 3 is 1.11 bits per heavy atom. The van der Waals surface area contributed by atoms with E-state index in [-0.39, 0.29) is 25.0 Å². The molecule has 0 aliphatic carbocycles. The molecule has 0 fully saturated rings. The summed E-state index contributed by atoms with van der Waals surface area (Å²) in [6.45, 7) is 7.03. The maximum atomic E-state index is 11.8. The molecule has 0 saturated heterocycles. The van der Waals surface area contributed by atoms with Crippen LogP contribution in [0.2, 0.25) is 0 Å². The lowest BCUT2D eigenvalue weighted by Gasteiger charge is -2.08. The molecule has 0 bridgehead atoms. The Bertz CT molecular complexity index is 719. The number of carbonyl (C=O) groups is 2. The number of hydrogen-bond acceptors (Lipinski definition) is 14.